The van der Waals surface area contributed by atoms with E-state index in [1.54, 1.807) is 17.9 Å². The number of hydrogen-bond acceptors (Lipinski definition) is 7. The van der Waals surface area contributed by atoms with Crippen molar-refractivity contribution in [1.29, 1.82) is 0 Å². The highest BCUT2D eigenvalue weighted by molar-refractivity contribution is 8.18. The highest BCUT2D eigenvalue weighted by Gasteiger charge is 2.55. The minimum Gasteiger partial charge on any atom is -0.395 e. The Labute approximate surface area is 241 Å². The molecule has 1 saturated carbocycles. The predicted octanol–water partition coefficient (Wildman–Crippen LogP) is 3.38. The van der Waals surface area contributed by atoms with Crippen LogP contribution in [0.2, 0.25) is 0 Å². The average molecular weight is 620 g/mol. The number of aliphatic hydroxyl groups is 3. The lowest BCUT2D eigenvalue weighted by Gasteiger charge is -2.53. The maximum absolute atomic E-state index is 14.2. The molecule has 1 aliphatic heterocycles. The van der Waals surface area contributed by atoms with E-state index < -0.39 is 88.1 Å². The summed E-state index contributed by atoms with van der Waals surface area (Å²) in [6.07, 6.45) is -0.365. The summed E-state index contributed by atoms with van der Waals surface area (Å²) < 4.78 is 78.3. The summed E-state index contributed by atoms with van der Waals surface area (Å²) in [5, 5.41) is 45.1. The fourth-order valence-corrected chi connectivity index (χ4v) is 10.4. The van der Waals surface area contributed by atoms with E-state index >= 15 is 0 Å². The predicted molar refractivity (Wildman–Crippen MR) is 145 cm³/mol. The smallest absolute Gasteiger partial charge is 0.248 e. The summed E-state index contributed by atoms with van der Waals surface area (Å²) >= 11 is 0. The van der Waals surface area contributed by atoms with Crippen molar-refractivity contribution in [3.05, 3.63) is 53.2 Å². The van der Waals surface area contributed by atoms with Crippen molar-refractivity contribution in [2.75, 3.05) is 19.5 Å². The van der Waals surface area contributed by atoms with Gasteiger partial charge in [-0.25, -0.2) is 37.5 Å². The number of hydrogen-bond donors (Lipinski definition) is 4. The molecular weight excluding hydrogens is 585 g/mol. The largest absolute Gasteiger partial charge is 0.395 e. The Morgan fingerprint density at radius 1 is 1.14 bits per heavy atom. The highest BCUT2D eigenvalue weighted by Crippen LogP contribution is 2.61. The van der Waals surface area contributed by atoms with Gasteiger partial charge in [0.25, 0.3) is 0 Å². The molecule has 3 N–H and O–H groups in total. The summed E-state index contributed by atoms with van der Waals surface area (Å²) in [6.45, 7) is 1.34. The van der Waals surface area contributed by atoms with E-state index in [9.17, 15) is 37.3 Å². The number of benzene rings is 1. The number of thiol groups is 1. The van der Waals surface area contributed by atoms with Crippen LogP contribution in [-0.2, 0) is 11.8 Å². The van der Waals surface area contributed by atoms with E-state index in [0.717, 1.165) is 17.7 Å². The van der Waals surface area contributed by atoms with Crippen molar-refractivity contribution in [2.45, 2.75) is 72.9 Å². The van der Waals surface area contributed by atoms with Gasteiger partial charge in [0.2, 0.25) is 5.92 Å². The Morgan fingerprint density at radius 2 is 1.79 bits per heavy atom. The monoisotopic (exact) mass is 619 g/mol. The summed E-state index contributed by atoms with van der Waals surface area (Å²) in [4.78, 5) is 0. The van der Waals surface area contributed by atoms with E-state index in [-0.39, 0.29) is 29.9 Å². The normalized spacial score (nSPS) is 29.0. The van der Waals surface area contributed by atoms with Gasteiger partial charge in [0.05, 0.1) is 47.8 Å². The molecule has 5 rings (SSSR count). The Balaban J connectivity index is 1.52. The first-order valence-corrected chi connectivity index (χ1v) is 15.2. The zero-order chi connectivity index (χ0) is 30.6. The Kier molecular flexibility index (Phi) is 8.44. The van der Waals surface area contributed by atoms with Crippen LogP contribution in [0.25, 0.3) is 11.3 Å². The summed E-state index contributed by atoms with van der Waals surface area (Å²) in [6, 6.07) is 0.659. The van der Waals surface area contributed by atoms with Crippen molar-refractivity contribution >= 4 is 10.9 Å². The fourth-order valence-electron chi connectivity index (χ4n) is 6.40. The summed E-state index contributed by atoms with van der Waals surface area (Å²) in [5.41, 5.74) is -0.194. The maximum Gasteiger partial charge on any atom is 0.248 e. The molecule has 0 amide bonds. The van der Waals surface area contributed by atoms with Gasteiger partial charge in [-0.3, -0.25) is 4.68 Å². The molecule has 3 aromatic rings. The number of rotatable bonds is 7. The van der Waals surface area contributed by atoms with Crippen LogP contribution < -0.4 is 0 Å². The van der Waals surface area contributed by atoms with Crippen molar-refractivity contribution < 1.29 is 42.0 Å². The molecule has 0 bridgehead atoms. The third kappa shape index (κ3) is 5.45. The van der Waals surface area contributed by atoms with Gasteiger partial charge in [-0.1, -0.05) is 5.21 Å². The van der Waals surface area contributed by atoms with E-state index in [2.05, 4.69) is 15.4 Å². The minimum atomic E-state index is -2.89. The van der Waals surface area contributed by atoms with Gasteiger partial charge < -0.3 is 20.1 Å². The Bertz CT molecular complexity index is 1390. The van der Waals surface area contributed by atoms with Crippen molar-refractivity contribution in [2.24, 2.45) is 7.05 Å². The molecule has 0 spiro atoms. The van der Waals surface area contributed by atoms with Crippen LogP contribution in [0.1, 0.15) is 48.2 Å². The molecule has 1 aromatic carbocycles. The topological polar surface area (TPSA) is 118 Å². The van der Waals surface area contributed by atoms with Crippen molar-refractivity contribution in [3.8, 4) is 11.3 Å². The molecule has 2 unspecified atom stereocenters. The SMILES string of the molecule is CO[C@H]1C[SH](C(c2c(C)cnn2C)C2(O)CCC(F)(F)CC2)[C@H](CO)[C@H](O)[C@@H]1n1cc(-c2cc(F)c(F)c(F)c2)nn1. The molecule has 6 atom stereocenters. The van der Waals surface area contributed by atoms with Gasteiger partial charge in [0, 0.05) is 43.6 Å². The van der Waals surface area contributed by atoms with Crippen LogP contribution in [0, 0.1) is 24.4 Å². The van der Waals surface area contributed by atoms with Crippen LogP contribution >= 0.6 is 10.9 Å². The Hall–Kier alpha value is -2.59. The Morgan fingerprint density at radius 3 is 2.33 bits per heavy atom. The third-order valence-electron chi connectivity index (χ3n) is 8.65. The summed E-state index contributed by atoms with van der Waals surface area (Å²) in [7, 11) is 1.62. The van der Waals surface area contributed by atoms with Crippen LogP contribution in [0.4, 0.5) is 22.0 Å². The van der Waals surface area contributed by atoms with Gasteiger partial charge in [-0.2, -0.15) is 5.10 Å². The number of ether oxygens (including phenoxy) is 1. The molecule has 2 aromatic heterocycles. The molecule has 0 radical (unpaired) electrons. The second-order valence-corrected chi connectivity index (χ2v) is 13.8. The zero-order valence-electron chi connectivity index (χ0n) is 23.3. The van der Waals surface area contributed by atoms with E-state index in [1.165, 1.54) is 18.0 Å². The number of alkyl halides is 2. The first-order chi connectivity index (χ1) is 19.8. The average Bonchev–Trinajstić information content (AvgIpc) is 3.56. The second-order valence-electron chi connectivity index (χ2n) is 11.2. The number of aromatic nitrogens is 5. The maximum atomic E-state index is 14.2. The molecule has 2 aliphatic rings. The third-order valence-corrected chi connectivity index (χ3v) is 12.1. The highest BCUT2D eigenvalue weighted by atomic mass is 32.2. The molecule has 3 heterocycles. The van der Waals surface area contributed by atoms with E-state index in [1.807, 2.05) is 6.92 Å². The number of aliphatic hydroxyl groups excluding tert-OH is 2. The lowest BCUT2D eigenvalue weighted by atomic mass is 9.79. The van der Waals surface area contributed by atoms with Crippen LogP contribution in [0.5, 0.6) is 0 Å². The van der Waals surface area contributed by atoms with Gasteiger partial charge >= 0.3 is 0 Å². The van der Waals surface area contributed by atoms with Crippen molar-refractivity contribution in [1.82, 2.24) is 24.8 Å². The fraction of sp³-hybridized carbons (Fsp3) is 0.593. The van der Waals surface area contributed by atoms with Crippen LogP contribution in [-0.4, -0.2) is 88.5 Å². The standard InChI is InChI=1S/C27H34F5N5O4S/c1-14-10-33-36(2)22(14)25(26(40)4-6-27(31,32)7-5-26)42-13-19(41-3)23(24(39)20(42)12-38)37-11-18(34-35-37)15-8-16(28)21(30)17(29)9-15/h8-11,19-20,23-25,38-40,42H,4-7,12-13H2,1-3H3/t19-,20+,23+,24-,25?/m0/s1. The molecule has 232 valence electrons. The lowest BCUT2D eigenvalue weighted by molar-refractivity contribution is -0.105. The summed E-state index contributed by atoms with van der Waals surface area (Å²) in [5.74, 6) is -7.05. The zero-order valence-corrected chi connectivity index (χ0v) is 24.2. The van der Waals surface area contributed by atoms with Gasteiger partial charge in [0.15, 0.2) is 17.5 Å². The van der Waals surface area contributed by atoms with Crippen LogP contribution in [0.15, 0.2) is 24.5 Å². The number of halogens is 5. The first-order valence-electron chi connectivity index (χ1n) is 13.5. The number of aryl methyl sites for hydroxylation is 2. The molecule has 15 heteroatoms. The first kappa shape index (κ1) is 30.9. The molecule has 1 aliphatic carbocycles. The van der Waals surface area contributed by atoms with Gasteiger partial charge in [-0.15, -0.1) is 5.10 Å². The molecule has 9 nitrogen and oxygen atoms in total. The van der Waals surface area contributed by atoms with Crippen molar-refractivity contribution in [3.63, 3.8) is 0 Å². The lowest BCUT2D eigenvalue weighted by Crippen LogP contribution is -2.54. The number of nitrogens with zero attached hydrogens (tertiary/aromatic N) is 5. The van der Waals surface area contributed by atoms with E-state index in [0.29, 0.717) is 5.69 Å². The van der Waals surface area contributed by atoms with Crippen LogP contribution in [0.3, 0.4) is 0 Å². The second kappa shape index (κ2) is 11.5. The van der Waals surface area contributed by atoms with Gasteiger partial charge in [0.1, 0.15) is 11.7 Å². The molecule has 2 fully saturated rings. The van der Waals surface area contributed by atoms with Gasteiger partial charge in [-0.05, 0) is 37.5 Å². The number of methoxy groups -OCH3 is 1. The quantitative estimate of drug-likeness (QED) is 0.182. The molecule has 1 saturated heterocycles. The minimum absolute atomic E-state index is 0.0177. The molecule has 42 heavy (non-hydrogen) atoms. The van der Waals surface area contributed by atoms with E-state index in [4.69, 9.17) is 4.74 Å². The molecular formula is C27H34F5N5O4S.